The highest BCUT2D eigenvalue weighted by atomic mass is 127. The van der Waals surface area contributed by atoms with Crippen LogP contribution in [0.3, 0.4) is 0 Å². The minimum Gasteiger partial charge on any atom is -0.496 e. The Hall–Kier alpha value is 0.830. The molecule has 0 amide bonds. The van der Waals surface area contributed by atoms with Gasteiger partial charge in [0, 0.05) is 8.47 Å². The van der Waals surface area contributed by atoms with E-state index in [-0.39, 0.29) is 0 Å². The molecule has 0 aliphatic carbocycles. The van der Waals surface area contributed by atoms with Gasteiger partial charge in [-0.05, 0) is 63.6 Å². The van der Waals surface area contributed by atoms with Gasteiger partial charge in [0.15, 0.2) is 0 Å². The molecule has 1 nitrogen and oxygen atoms in total. The van der Waals surface area contributed by atoms with Gasteiger partial charge >= 0.3 is 0 Å². The van der Waals surface area contributed by atoms with E-state index in [1.807, 2.05) is 0 Å². The highest BCUT2D eigenvalue weighted by Gasteiger charge is 2.05. The fourth-order valence-electron chi connectivity index (χ4n) is 0.823. The number of ether oxygens (including phenoxy) is 1. The van der Waals surface area contributed by atoms with Gasteiger partial charge in [0.1, 0.15) is 5.75 Å². The lowest BCUT2D eigenvalue weighted by Crippen LogP contribution is -1.89. The largest absolute Gasteiger partial charge is 0.496 e. The van der Waals surface area contributed by atoms with Crippen LogP contribution >= 0.6 is 56.9 Å². The maximum Gasteiger partial charge on any atom is 0.133 e. The summed E-state index contributed by atoms with van der Waals surface area (Å²) in [5.41, 5.74) is 0. The Kier molecular flexibility index (Phi) is 4.45. The SMILES string of the molecule is COc1cc(I)c(SC)cc1I. The van der Waals surface area contributed by atoms with Gasteiger partial charge in [-0.15, -0.1) is 11.8 Å². The van der Waals surface area contributed by atoms with Crippen molar-refractivity contribution in [2.75, 3.05) is 13.4 Å². The first-order chi connectivity index (χ1) is 5.69. The van der Waals surface area contributed by atoms with Crippen molar-refractivity contribution in [1.82, 2.24) is 0 Å². The second kappa shape index (κ2) is 4.90. The van der Waals surface area contributed by atoms with Crippen LogP contribution in [0.2, 0.25) is 0 Å². The monoisotopic (exact) mass is 406 g/mol. The molecule has 0 heterocycles. The van der Waals surface area contributed by atoms with Crippen LogP contribution in [-0.2, 0) is 0 Å². The van der Waals surface area contributed by atoms with Crippen LogP contribution in [0.4, 0.5) is 0 Å². The van der Waals surface area contributed by atoms with Crippen LogP contribution in [-0.4, -0.2) is 13.4 Å². The maximum absolute atomic E-state index is 5.20. The average Bonchev–Trinajstić information content (AvgIpc) is 2.08. The number of rotatable bonds is 2. The molecule has 0 saturated carbocycles. The van der Waals surface area contributed by atoms with E-state index >= 15 is 0 Å². The fourth-order valence-corrected chi connectivity index (χ4v) is 3.31. The lowest BCUT2D eigenvalue weighted by molar-refractivity contribution is 0.411. The molecule has 0 N–H and O–H groups in total. The zero-order valence-corrected chi connectivity index (χ0v) is 11.9. The van der Waals surface area contributed by atoms with Crippen LogP contribution in [0.15, 0.2) is 17.0 Å². The average molecular weight is 406 g/mol. The Morgan fingerprint density at radius 1 is 1.25 bits per heavy atom. The van der Waals surface area contributed by atoms with Gasteiger partial charge in [0.2, 0.25) is 0 Å². The molecule has 66 valence electrons. The predicted octanol–water partition coefficient (Wildman–Crippen LogP) is 3.63. The molecule has 0 aromatic heterocycles. The third-order valence-corrected chi connectivity index (χ3v) is 4.31. The summed E-state index contributed by atoms with van der Waals surface area (Å²) in [7, 11) is 1.70. The Bertz CT molecular complexity index is 259. The molecule has 1 aromatic carbocycles. The second-order valence-corrected chi connectivity index (χ2v) is 5.29. The van der Waals surface area contributed by atoms with Crippen molar-refractivity contribution in [3.05, 3.63) is 19.3 Å². The molecule has 0 atom stereocenters. The highest BCUT2D eigenvalue weighted by Crippen LogP contribution is 2.30. The summed E-state index contributed by atoms with van der Waals surface area (Å²) in [5, 5.41) is 0. The van der Waals surface area contributed by atoms with Gasteiger partial charge < -0.3 is 4.74 Å². The fraction of sp³-hybridized carbons (Fsp3) is 0.250. The Labute approximate surface area is 104 Å². The molecule has 12 heavy (non-hydrogen) atoms. The Morgan fingerprint density at radius 2 is 1.92 bits per heavy atom. The molecular weight excluding hydrogens is 398 g/mol. The van der Waals surface area contributed by atoms with Crippen molar-refractivity contribution in [3.8, 4) is 5.75 Å². The quantitative estimate of drug-likeness (QED) is 0.549. The number of hydrogen-bond acceptors (Lipinski definition) is 2. The Morgan fingerprint density at radius 3 is 2.42 bits per heavy atom. The summed E-state index contributed by atoms with van der Waals surface area (Å²) >= 11 is 6.37. The van der Waals surface area contributed by atoms with Gasteiger partial charge in [-0.25, -0.2) is 0 Å². The molecule has 0 spiro atoms. The van der Waals surface area contributed by atoms with Crippen molar-refractivity contribution in [2.24, 2.45) is 0 Å². The van der Waals surface area contributed by atoms with Crippen LogP contribution in [0.5, 0.6) is 5.75 Å². The van der Waals surface area contributed by atoms with Crippen LogP contribution < -0.4 is 4.74 Å². The molecule has 0 unspecified atom stereocenters. The van der Waals surface area contributed by atoms with E-state index in [9.17, 15) is 0 Å². The maximum atomic E-state index is 5.20. The molecule has 0 aliphatic heterocycles. The molecule has 1 rings (SSSR count). The number of methoxy groups -OCH3 is 1. The zero-order chi connectivity index (χ0) is 9.14. The molecule has 4 heteroatoms. The van der Waals surface area contributed by atoms with Crippen LogP contribution in [0.25, 0.3) is 0 Å². The summed E-state index contributed by atoms with van der Waals surface area (Å²) < 4.78 is 7.62. The van der Waals surface area contributed by atoms with Crippen molar-refractivity contribution >= 4 is 56.9 Å². The number of hydrogen-bond donors (Lipinski definition) is 0. The molecule has 1 aromatic rings. The van der Waals surface area contributed by atoms with Crippen molar-refractivity contribution < 1.29 is 4.74 Å². The van der Waals surface area contributed by atoms with E-state index in [0.717, 1.165) is 5.75 Å². The van der Waals surface area contributed by atoms with Gasteiger partial charge in [0.05, 0.1) is 10.7 Å². The van der Waals surface area contributed by atoms with Crippen LogP contribution in [0, 0.1) is 7.14 Å². The minimum absolute atomic E-state index is 0.956. The van der Waals surface area contributed by atoms with E-state index in [1.165, 1.54) is 12.0 Å². The van der Waals surface area contributed by atoms with Gasteiger partial charge in [-0.3, -0.25) is 0 Å². The lowest BCUT2D eigenvalue weighted by atomic mass is 10.3. The third-order valence-electron chi connectivity index (χ3n) is 1.43. The Balaban J connectivity index is 3.16. The molecule has 0 bridgehead atoms. The van der Waals surface area contributed by atoms with Crippen molar-refractivity contribution in [2.45, 2.75) is 4.90 Å². The number of benzene rings is 1. The zero-order valence-electron chi connectivity index (χ0n) is 6.73. The minimum atomic E-state index is 0.956. The number of thioether (sulfide) groups is 1. The van der Waals surface area contributed by atoms with E-state index < -0.39 is 0 Å². The van der Waals surface area contributed by atoms with Crippen molar-refractivity contribution in [1.29, 1.82) is 0 Å². The normalized spacial score (nSPS) is 10.0. The van der Waals surface area contributed by atoms with Gasteiger partial charge in [-0.2, -0.15) is 0 Å². The topological polar surface area (TPSA) is 9.23 Å². The van der Waals surface area contributed by atoms with E-state index in [4.69, 9.17) is 4.74 Å². The van der Waals surface area contributed by atoms with E-state index in [0.29, 0.717) is 0 Å². The number of halogens is 2. The lowest BCUT2D eigenvalue weighted by Gasteiger charge is -2.06. The first-order valence-electron chi connectivity index (χ1n) is 3.26. The first-order valence-corrected chi connectivity index (χ1v) is 6.64. The summed E-state index contributed by atoms with van der Waals surface area (Å²) in [6.45, 7) is 0. The molecular formula is C8H8I2OS. The van der Waals surface area contributed by atoms with Crippen LogP contribution in [0.1, 0.15) is 0 Å². The molecule has 0 saturated heterocycles. The van der Waals surface area contributed by atoms with Gasteiger partial charge in [0.25, 0.3) is 0 Å². The summed E-state index contributed by atoms with van der Waals surface area (Å²) in [6, 6.07) is 4.21. The summed E-state index contributed by atoms with van der Waals surface area (Å²) in [6.07, 6.45) is 2.08. The summed E-state index contributed by atoms with van der Waals surface area (Å²) in [5.74, 6) is 0.956. The summed E-state index contributed by atoms with van der Waals surface area (Å²) in [4.78, 5) is 1.31. The highest BCUT2D eigenvalue weighted by molar-refractivity contribution is 14.1. The second-order valence-electron chi connectivity index (χ2n) is 2.12. The van der Waals surface area contributed by atoms with Crippen molar-refractivity contribution in [3.63, 3.8) is 0 Å². The van der Waals surface area contributed by atoms with E-state index in [2.05, 4.69) is 63.6 Å². The first kappa shape index (κ1) is 10.9. The molecule has 0 radical (unpaired) electrons. The smallest absolute Gasteiger partial charge is 0.133 e. The standard InChI is InChI=1S/C8H8I2OS/c1-11-7-3-6(10)8(12-2)4-5(7)9/h3-4H,1-2H3. The molecule has 0 aliphatic rings. The van der Waals surface area contributed by atoms with Gasteiger partial charge in [-0.1, -0.05) is 0 Å². The van der Waals surface area contributed by atoms with E-state index in [1.54, 1.807) is 18.9 Å². The third kappa shape index (κ3) is 2.41. The predicted molar refractivity (Wildman–Crippen MR) is 70.2 cm³/mol. The molecule has 0 fully saturated rings.